The minimum atomic E-state index is -0.792. The van der Waals surface area contributed by atoms with Crippen LogP contribution >= 0.6 is 0 Å². The maximum Gasteiger partial charge on any atom is 0.306 e. The van der Waals surface area contributed by atoms with Crippen LogP contribution in [0.4, 0.5) is 0 Å². The molecule has 3 saturated heterocycles. The van der Waals surface area contributed by atoms with Crippen LogP contribution in [-0.4, -0.2) is 41.3 Å². The summed E-state index contributed by atoms with van der Waals surface area (Å²) >= 11 is 0. The Labute approximate surface area is 188 Å². The molecule has 10 unspecified atom stereocenters. The monoisotopic (exact) mass is 440 g/mol. The summed E-state index contributed by atoms with van der Waals surface area (Å²) in [6, 6.07) is 2.05. The van der Waals surface area contributed by atoms with Gasteiger partial charge in [0.15, 0.2) is 0 Å². The molecule has 10 atom stereocenters. The molecule has 6 aliphatic rings. The number of Topliss-reactive ketones (excluding diaryl/α,β-unsaturated/α-hetero) is 1. The fourth-order valence-corrected chi connectivity index (χ4v) is 9.89. The van der Waals surface area contributed by atoms with Crippen LogP contribution in [0.15, 0.2) is 23.0 Å². The minimum absolute atomic E-state index is 0.00463. The number of carbonyl (C=O) groups excluding carboxylic acids is 2. The summed E-state index contributed by atoms with van der Waals surface area (Å²) in [5.74, 6) is 0.154. The smallest absolute Gasteiger partial charge is 0.306 e. The van der Waals surface area contributed by atoms with Crippen molar-refractivity contribution in [2.75, 3.05) is 0 Å². The molecule has 7 rings (SSSR count). The van der Waals surface area contributed by atoms with Crippen molar-refractivity contribution in [3.8, 4) is 0 Å². The Morgan fingerprint density at radius 3 is 2.53 bits per heavy atom. The van der Waals surface area contributed by atoms with Crippen LogP contribution in [0.1, 0.15) is 71.8 Å². The summed E-state index contributed by atoms with van der Waals surface area (Å²) in [4.78, 5) is 26.5. The molecule has 32 heavy (non-hydrogen) atoms. The molecular formula is C26H32O6. The molecule has 1 aromatic heterocycles. The van der Waals surface area contributed by atoms with Crippen LogP contribution in [-0.2, 0) is 23.8 Å². The van der Waals surface area contributed by atoms with Gasteiger partial charge in [0.1, 0.15) is 17.0 Å². The number of furan rings is 1. The van der Waals surface area contributed by atoms with Crippen LogP contribution in [0, 0.1) is 28.1 Å². The summed E-state index contributed by atoms with van der Waals surface area (Å²) in [7, 11) is 0. The van der Waals surface area contributed by atoms with E-state index in [1.165, 1.54) is 5.56 Å². The van der Waals surface area contributed by atoms with E-state index in [9.17, 15) is 9.59 Å². The van der Waals surface area contributed by atoms with E-state index in [0.717, 1.165) is 12.8 Å². The zero-order valence-electron chi connectivity index (χ0n) is 19.5. The van der Waals surface area contributed by atoms with Crippen molar-refractivity contribution in [3.05, 3.63) is 24.2 Å². The highest BCUT2D eigenvalue weighted by Gasteiger charge is 2.90. The number of hydrogen-bond donors (Lipinski definition) is 0. The standard InChI is InChI=1S/C26H32O6/c1-22(2)16-9-20(28)32-25(5)21-15(30-18(10-17(22)27)24(16,21)4)11-23(3)14(13-6-7-29-12-13)8-19-26(23,25)31-19/h6-7,12,14-16,18-19,21H,8-11H2,1-5H3. The minimum Gasteiger partial charge on any atom is -0.472 e. The molecule has 1 spiro atoms. The lowest BCUT2D eigenvalue weighted by molar-refractivity contribution is -0.213. The average molecular weight is 441 g/mol. The van der Waals surface area contributed by atoms with E-state index >= 15 is 0 Å². The van der Waals surface area contributed by atoms with Crippen molar-refractivity contribution in [2.24, 2.45) is 28.1 Å². The van der Waals surface area contributed by atoms with Crippen molar-refractivity contribution >= 4 is 11.8 Å². The zero-order valence-corrected chi connectivity index (χ0v) is 19.5. The highest BCUT2D eigenvalue weighted by atomic mass is 16.7. The molecule has 0 bridgehead atoms. The van der Waals surface area contributed by atoms with Crippen molar-refractivity contribution in [1.82, 2.24) is 0 Å². The summed E-state index contributed by atoms with van der Waals surface area (Å²) < 4.78 is 25.3. The molecule has 3 aliphatic carbocycles. The summed E-state index contributed by atoms with van der Waals surface area (Å²) in [5.41, 5.74) is -1.28. The van der Waals surface area contributed by atoms with Crippen molar-refractivity contribution in [3.63, 3.8) is 0 Å². The van der Waals surface area contributed by atoms with Gasteiger partial charge in [-0.1, -0.05) is 27.7 Å². The van der Waals surface area contributed by atoms with E-state index in [2.05, 4.69) is 26.8 Å². The Balaban J connectivity index is 1.43. The van der Waals surface area contributed by atoms with E-state index in [1.54, 1.807) is 6.26 Å². The Bertz CT molecular complexity index is 1040. The topological polar surface area (TPSA) is 78.3 Å². The van der Waals surface area contributed by atoms with Crippen molar-refractivity contribution in [2.45, 2.75) is 95.7 Å². The van der Waals surface area contributed by atoms with Gasteiger partial charge in [-0.05, 0) is 43.2 Å². The second kappa shape index (κ2) is 5.35. The van der Waals surface area contributed by atoms with Crippen LogP contribution in [0.5, 0.6) is 0 Å². The van der Waals surface area contributed by atoms with E-state index < -0.39 is 16.6 Å². The summed E-state index contributed by atoms with van der Waals surface area (Å²) in [6.45, 7) is 10.7. The molecular weight excluding hydrogens is 408 g/mol. The van der Waals surface area contributed by atoms with Crippen LogP contribution in [0.3, 0.4) is 0 Å². The lowest BCUT2D eigenvalue weighted by atomic mass is 9.44. The summed E-state index contributed by atoms with van der Waals surface area (Å²) in [5, 5.41) is 0. The van der Waals surface area contributed by atoms with Gasteiger partial charge in [0.2, 0.25) is 0 Å². The number of rotatable bonds is 1. The third kappa shape index (κ3) is 1.80. The average Bonchev–Trinajstić information content (AvgIpc) is 2.99. The molecule has 0 N–H and O–H groups in total. The highest BCUT2D eigenvalue weighted by molar-refractivity contribution is 5.87. The Kier molecular flexibility index (Phi) is 3.31. The van der Waals surface area contributed by atoms with Gasteiger partial charge >= 0.3 is 5.97 Å². The molecule has 1 aromatic rings. The SMILES string of the molecule is CC1(C)C(=O)CC2OC3CC4(C)C(c5ccoc5)CC5OC54C4(C)OC(=O)CC1C2(C)C34. The molecule has 6 fully saturated rings. The van der Waals surface area contributed by atoms with E-state index in [0.29, 0.717) is 6.42 Å². The fourth-order valence-electron chi connectivity index (χ4n) is 9.89. The van der Waals surface area contributed by atoms with Gasteiger partial charge in [0.05, 0.1) is 30.8 Å². The number of ketones is 1. The number of carbonyl (C=O) groups is 2. The molecule has 6 heteroatoms. The van der Waals surface area contributed by atoms with Crippen LogP contribution in [0.2, 0.25) is 0 Å². The largest absolute Gasteiger partial charge is 0.472 e. The van der Waals surface area contributed by atoms with Crippen LogP contribution < -0.4 is 0 Å². The molecule has 3 aliphatic heterocycles. The molecule has 3 saturated carbocycles. The van der Waals surface area contributed by atoms with E-state index in [-0.39, 0.29) is 65.1 Å². The first kappa shape index (κ1) is 19.8. The number of epoxide rings is 1. The Morgan fingerprint density at radius 1 is 1.03 bits per heavy atom. The van der Waals surface area contributed by atoms with Gasteiger partial charge < -0.3 is 18.6 Å². The van der Waals surface area contributed by atoms with Crippen molar-refractivity contribution < 1.29 is 28.2 Å². The maximum absolute atomic E-state index is 13.4. The lowest BCUT2D eigenvalue weighted by Gasteiger charge is -2.59. The second-order valence-corrected chi connectivity index (χ2v) is 12.5. The number of hydrogen-bond acceptors (Lipinski definition) is 6. The maximum atomic E-state index is 13.4. The first-order chi connectivity index (χ1) is 15.0. The lowest BCUT2D eigenvalue weighted by Crippen LogP contribution is -2.69. The third-order valence-electron chi connectivity index (χ3n) is 11.2. The predicted molar refractivity (Wildman–Crippen MR) is 113 cm³/mol. The van der Waals surface area contributed by atoms with Crippen molar-refractivity contribution in [1.29, 1.82) is 0 Å². The van der Waals surface area contributed by atoms with Gasteiger partial charge in [-0.2, -0.15) is 0 Å². The number of ether oxygens (including phenoxy) is 3. The second-order valence-electron chi connectivity index (χ2n) is 12.5. The van der Waals surface area contributed by atoms with Gasteiger partial charge in [0, 0.05) is 35.0 Å². The normalized spacial score (nSPS) is 56.7. The fraction of sp³-hybridized carbons (Fsp3) is 0.769. The quantitative estimate of drug-likeness (QED) is 0.485. The summed E-state index contributed by atoms with van der Waals surface area (Å²) in [6.07, 6.45) is 5.79. The first-order valence-electron chi connectivity index (χ1n) is 12.1. The first-order valence-corrected chi connectivity index (χ1v) is 12.1. The molecule has 0 aromatic carbocycles. The van der Waals surface area contributed by atoms with Gasteiger partial charge in [0.25, 0.3) is 0 Å². The third-order valence-corrected chi connectivity index (χ3v) is 11.2. The predicted octanol–water partition coefficient (Wildman–Crippen LogP) is 4.03. The molecule has 0 radical (unpaired) electrons. The van der Waals surface area contributed by atoms with Crippen LogP contribution in [0.25, 0.3) is 0 Å². The van der Waals surface area contributed by atoms with E-state index in [1.807, 2.05) is 20.1 Å². The molecule has 6 nitrogen and oxygen atoms in total. The van der Waals surface area contributed by atoms with Gasteiger partial charge in [-0.15, -0.1) is 0 Å². The molecule has 172 valence electrons. The molecule has 4 heterocycles. The molecule has 0 amide bonds. The number of esters is 1. The Morgan fingerprint density at radius 2 is 1.81 bits per heavy atom. The zero-order chi connectivity index (χ0) is 22.5. The van der Waals surface area contributed by atoms with Gasteiger partial charge in [-0.25, -0.2) is 0 Å². The van der Waals surface area contributed by atoms with Gasteiger partial charge in [-0.3, -0.25) is 9.59 Å². The highest BCUT2D eigenvalue weighted by Crippen LogP contribution is 2.80. The van der Waals surface area contributed by atoms with E-state index in [4.69, 9.17) is 18.6 Å². The Hall–Kier alpha value is -1.66.